The number of hydrogen-bond donors (Lipinski definition) is 2. The molecule has 2 aromatic carbocycles. The molecule has 3 aromatic rings. The summed E-state index contributed by atoms with van der Waals surface area (Å²) in [5, 5.41) is 3.77. The normalized spacial score (nSPS) is 10.5. The number of benzene rings is 2. The zero-order valence-electron chi connectivity index (χ0n) is 14.1. The molecule has 1 heterocycles. The highest BCUT2D eigenvalue weighted by atomic mass is 35.5. The lowest BCUT2D eigenvalue weighted by Gasteiger charge is -2.09. The van der Waals surface area contributed by atoms with Crippen LogP contribution in [0.5, 0.6) is 5.75 Å². The number of nitrogens with zero attached hydrogens (tertiary/aromatic N) is 3. The Morgan fingerprint density at radius 3 is 2.58 bits per heavy atom. The van der Waals surface area contributed by atoms with Crippen molar-refractivity contribution in [1.82, 2.24) is 15.0 Å². The van der Waals surface area contributed by atoms with Crippen molar-refractivity contribution in [2.45, 2.75) is 11.5 Å². The van der Waals surface area contributed by atoms with Gasteiger partial charge in [-0.05, 0) is 30.3 Å². The van der Waals surface area contributed by atoms with Crippen LogP contribution in [0, 0.1) is 0 Å². The van der Waals surface area contributed by atoms with Gasteiger partial charge in [0.05, 0.1) is 12.9 Å². The Bertz CT molecular complexity index is 876. The molecule has 0 bridgehead atoms. The smallest absolute Gasteiger partial charge is 0.232 e. The van der Waals surface area contributed by atoms with Crippen molar-refractivity contribution in [3.63, 3.8) is 0 Å². The van der Waals surface area contributed by atoms with Crippen molar-refractivity contribution in [3.05, 3.63) is 64.9 Å². The first-order chi connectivity index (χ1) is 12.6. The van der Waals surface area contributed by atoms with E-state index in [1.807, 2.05) is 36.4 Å². The molecule has 8 heteroatoms. The maximum absolute atomic E-state index is 5.89. The average molecular weight is 388 g/mol. The number of anilines is 3. The van der Waals surface area contributed by atoms with Crippen molar-refractivity contribution in [3.8, 4) is 5.75 Å². The Labute approximate surface area is 161 Å². The molecule has 0 saturated heterocycles. The largest absolute Gasteiger partial charge is 0.496 e. The highest BCUT2D eigenvalue weighted by molar-refractivity contribution is 7.97. The molecule has 0 saturated carbocycles. The molecule has 134 valence electrons. The minimum absolute atomic E-state index is 0.185. The van der Waals surface area contributed by atoms with Crippen molar-refractivity contribution < 1.29 is 4.74 Å². The molecule has 26 heavy (non-hydrogen) atoms. The summed E-state index contributed by atoms with van der Waals surface area (Å²) in [6.07, 6.45) is 0. The van der Waals surface area contributed by atoms with Gasteiger partial charge in [0, 0.05) is 22.0 Å². The fourth-order valence-electron chi connectivity index (χ4n) is 2.30. The minimum atomic E-state index is 0.185. The van der Waals surface area contributed by atoms with Gasteiger partial charge in [0.2, 0.25) is 11.9 Å². The maximum Gasteiger partial charge on any atom is 0.232 e. The summed E-state index contributed by atoms with van der Waals surface area (Å²) >= 11 is 7.57. The number of methoxy groups -OCH3 is 1. The summed E-state index contributed by atoms with van der Waals surface area (Å²) in [5.74, 6) is 3.49. The van der Waals surface area contributed by atoms with Crippen LogP contribution < -0.4 is 15.8 Å². The molecule has 0 aliphatic heterocycles. The number of thioether (sulfide) groups is 1. The predicted octanol–water partition coefficient (Wildman–Crippen LogP) is 4.29. The van der Waals surface area contributed by atoms with Gasteiger partial charge in [-0.3, -0.25) is 0 Å². The van der Waals surface area contributed by atoms with Crippen molar-refractivity contribution in [2.24, 2.45) is 0 Å². The number of rotatable bonds is 7. The van der Waals surface area contributed by atoms with E-state index < -0.39 is 0 Å². The monoisotopic (exact) mass is 387 g/mol. The Morgan fingerprint density at radius 2 is 1.81 bits per heavy atom. The summed E-state index contributed by atoms with van der Waals surface area (Å²) < 4.78 is 5.37. The Balaban J connectivity index is 1.65. The first-order valence-electron chi connectivity index (χ1n) is 7.86. The predicted molar refractivity (Wildman–Crippen MR) is 107 cm³/mol. The first kappa shape index (κ1) is 18.3. The summed E-state index contributed by atoms with van der Waals surface area (Å²) in [4.78, 5) is 12.8. The molecule has 0 aliphatic carbocycles. The van der Waals surface area contributed by atoms with Gasteiger partial charge >= 0.3 is 0 Å². The van der Waals surface area contributed by atoms with Crippen LogP contribution in [0.15, 0.2) is 48.5 Å². The molecule has 0 amide bonds. The third-order valence-electron chi connectivity index (χ3n) is 3.48. The zero-order valence-corrected chi connectivity index (χ0v) is 15.7. The van der Waals surface area contributed by atoms with E-state index in [-0.39, 0.29) is 5.95 Å². The summed E-state index contributed by atoms with van der Waals surface area (Å²) in [6, 6.07) is 15.2. The van der Waals surface area contributed by atoms with E-state index in [0.29, 0.717) is 22.5 Å². The lowest BCUT2D eigenvalue weighted by Crippen LogP contribution is -2.06. The van der Waals surface area contributed by atoms with E-state index in [1.54, 1.807) is 31.0 Å². The lowest BCUT2D eigenvalue weighted by atomic mass is 10.2. The number of hydrogen-bond acceptors (Lipinski definition) is 7. The topological polar surface area (TPSA) is 86.0 Å². The van der Waals surface area contributed by atoms with E-state index >= 15 is 0 Å². The fourth-order valence-corrected chi connectivity index (χ4v) is 3.29. The van der Waals surface area contributed by atoms with E-state index in [1.165, 1.54) is 0 Å². The van der Waals surface area contributed by atoms with Gasteiger partial charge in [0.1, 0.15) is 11.6 Å². The van der Waals surface area contributed by atoms with Gasteiger partial charge in [-0.2, -0.15) is 15.0 Å². The van der Waals surface area contributed by atoms with Crippen LogP contribution in [0.1, 0.15) is 11.4 Å². The maximum atomic E-state index is 5.89. The molecule has 0 radical (unpaired) electrons. The quantitative estimate of drug-likeness (QED) is 0.625. The molecule has 0 spiro atoms. The number of halogens is 1. The third-order valence-corrected chi connectivity index (χ3v) is 4.71. The van der Waals surface area contributed by atoms with Crippen LogP contribution in [0.3, 0.4) is 0 Å². The van der Waals surface area contributed by atoms with Crippen molar-refractivity contribution >= 4 is 40.9 Å². The van der Waals surface area contributed by atoms with Gasteiger partial charge in [-0.15, -0.1) is 11.8 Å². The molecule has 6 nitrogen and oxygen atoms in total. The molecule has 0 aliphatic rings. The Kier molecular flexibility index (Phi) is 6.14. The van der Waals surface area contributed by atoms with Gasteiger partial charge in [-0.1, -0.05) is 29.8 Å². The minimum Gasteiger partial charge on any atom is -0.496 e. The zero-order chi connectivity index (χ0) is 18.4. The lowest BCUT2D eigenvalue weighted by molar-refractivity contribution is 0.411. The number of ether oxygens (including phenoxy) is 1. The highest BCUT2D eigenvalue weighted by Gasteiger charge is 2.07. The summed E-state index contributed by atoms with van der Waals surface area (Å²) in [6.45, 7) is 0. The number of nitrogens with one attached hydrogen (secondary N) is 1. The van der Waals surface area contributed by atoms with Crippen LogP contribution in [-0.2, 0) is 11.5 Å². The average Bonchev–Trinajstić information content (AvgIpc) is 2.64. The third kappa shape index (κ3) is 5.00. The van der Waals surface area contributed by atoms with E-state index in [9.17, 15) is 0 Å². The van der Waals surface area contributed by atoms with Crippen LogP contribution in [0.2, 0.25) is 5.02 Å². The first-order valence-corrected chi connectivity index (χ1v) is 9.40. The van der Waals surface area contributed by atoms with Gasteiger partial charge < -0.3 is 15.8 Å². The van der Waals surface area contributed by atoms with Crippen LogP contribution >= 0.6 is 23.4 Å². The van der Waals surface area contributed by atoms with Crippen molar-refractivity contribution in [2.75, 3.05) is 18.2 Å². The highest BCUT2D eigenvalue weighted by Crippen LogP contribution is 2.24. The molecule has 3 N–H and O–H groups in total. The van der Waals surface area contributed by atoms with E-state index in [0.717, 1.165) is 22.8 Å². The summed E-state index contributed by atoms with van der Waals surface area (Å²) in [7, 11) is 1.67. The number of para-hydroxylation sites is 1. The second-order valence-corrected chi connectivity index (χ2v) is 6.79. The SMILES string of the molecule is COc1ccccc1CSCc1nc(N)nc(Nc2ccc(Cl)cc2)n1. The van der Waals surface area contributed by atoms with Crippen LogP contribution in [0.25, 0.3) is 0 Å². The second kappa shape index (κ2) is 8.73. The standard InChI is InChI=1S/C18H18ClN5OS/c1-25-15-5-3-2-4-12(15)10-26-11-16-22-17(20)24-18(23-16)21-14-8-6-13(19)7-9-14/h2-9H,10-11H2,1H3,(H3,20,21,22,23,24). The van der Waals surface area contributed by atoms with Crippen LogP contribution in [0.4, 0.5) is 17.6 Å². The van der Waals surface area contributed by atoms with Gasteiger partial charge in [0.25, 0.3) is 0 Å². The number of nitrogen functional groups attached to an aromatic ring is 1. The molecular weight excluding hydrogens is 370 g/mol. The molecule has 3 rings (SSSR count). The Hall–Kier alpha value is -2.51. The molecule has 1 aromatic heterocycles. The molecular formula is C18H18ClN5OS. The number of aromatic nitrogens is 3. The van der Waals surface area contributed by atoms with Gasteiger partial charge in [0.15, 0.2) is 0 Å². The van der Waals surface area contributed by atoms with E-state index in [4.69, 9.17) is 22.1 Å². The fraction of sp³-hybridized carbons (Fsp3) is 0.167. The van der Waals surface area contributed by atoms with E-state index in [2.05, 4.69) is 20.3 Å². The molecule has 0 unspecified atom stereocenters. The second-order valence-electron chi connectivity index (χ2n) is 5.37. The van der Waals surface area contributed by atoms with Crippen molar-refractivity contribution in [1.29, 1.82) is 0 Å². The number of nitrogens with two attached hydrogens (primary N) is 1. The van der Waals surface area contributed by atoms with Gasteiger partial charge in [-0.25, -0.2) is 0 Å². The Morgan fingerprint density at radius 1 is 1.04 bits per heavy atom. The summed E-state index contributed by atoms with van der Waals surface area (Å²) in [5.41, 5.74) is 7.77. The molecule has 0 atom stereocenters. The molecule has 0 fully saturated rings. The van der Waals surface area contributed by atoms with Crippen LogP contribution in [-0.4, -0.2) is 22.1 Å².